The van der Waals surface area contributed by atoms with Crippen molar-refractivity contribution >= 4 is 17.6 Å². The van der Waals surface area contributed by atoms with Gasteiger partial charge in [-0.3, -0.25) is 4.79 Å². The number of rotatable bonds is 6. The topological polar surface area (TPSA) is 122 Å². The quantitative estimate of drug-likeness (QED) is 0.395. The third-order valence-corrected chi connectivity index (χ3v) is 2.02. The van der Waals surface area contributed by atoms with Crippen molar-refractivity contribution in [2.45, 2.75) is 6.04 Å². The van der Waals surface area contributed by atoms with Crippen molar-refractivity contribution in [1.29, 1.82) is 0 Å². The van der Waals surface area contributed by atoms with E-state index < -0.39 is 24.6 Å². The molecule has 0 aliphatic rings. The zero-order valence-electron chi connectivity index (χ0n) is 9.50. The number of aliphatic hydroxyl groups is 1. The molecule has 7 nitrogen and oxygen atoms in total. The molecular weight excluding hydrogens is 240 g/mol. The summed E-state index contributed by atoms with van der Waals surface area (Å²) in [5.41, 5.74) is 5.86. The van der Waals surface area contributed by atoms with E-state index in [9.17, 15) is 9.59 Å². The molecule has 0 bridgehead atoms. The molecule has 1 rings (SSSR count). The molecule has 0 fully saturated rings. The number of aliphatic hydroxyl groups excluding tert-OH is 1. The van der Waals surface area contributed by atoms with Crippen LogP contribution in [0, 0.1) is 0 Å². The van der Waals surface area contributed by atoms with Crippen LogP contribution in [0.5, 0.6) is 5.75 Å². The summed E-state index contributed by atoms with van der Waals surface area (Å²) in [5, 5.41) is 19.8. The van der Waals surface area contributed by atoms with Gasteiger partial charge in [0.15, 0.2) is 0 Å². The Kier molecular flexibility index (Phi) is 5.09. The Labute approximate surface area is 103 Å². The van der Waals surface area contributed by atoms with Crippen molar-refractivity contribution in [3.8, 4) is 5.75 Å². The van der Waals surface area contributed by atoms with E-state index in [0.717, 1.165) is 0 Å². The average molecular weight is 254 g/mol. The number of carbonyl (C=O) groups excluding carboxylic acids is 1. The summed E-state index contributed by atoms with van der Waals surface area (Å²) in [4.78, 5) is 21.6. The molecule has 0 amide bonds. The molecule has 1 aromatic rings. The summed E-state index contributed by atoms with van der Waals surface area (Å²) in [6, 6.07) is 5.04. The van der Waals surface area contributed by atoms with E-state index in [4.69, 9.17) is 20.7 Å². The van der Waals surface area contributed by atoms with Gasteiger partial charge in [0.2, 0.25) is 0 Å². The molecule has 0 aliphatic carbocycles. The fraction of sp³-hybridized carbons (Fsp3) is 0.273. The minimum Gasteiger partial charge on any atom is -0.480 e. The fourth-order valence-corrected chi connectivity index (χ4v) is 1.08. The molecule has 0 heterocycles. The normalized spacial score (nSPS) is 11.7. The van der Waals surface area contributed by atoms with Gasteiger partial charge in [0.25, 0.3) is 0 Å². The molecule has 0 spiro atoms. The van der Waals surface area contributed by atoms with E-state index in [1.54, 1.807) is 12.1 Å². The van der Waals surface area contributed by atoms with Crippen LogP contribution in [0.4, 0.5) is 5.69 Å². The Balaban J connectivity index is 2.55. The van der Waals surface area contributed by atoms with Crippen LogP contribution < -0.4 is 15.8 Å². The molecule has 18 heavy (non-hydrogen) atoms. The number of aliphatic carboxylic acids is 1. The molecule has 0 aromatic heterocycles. The van der Waals surface area contributed by atoms with E-state index in [-0.39, 0.29) is 12.3 Å². The van der Waals surface area contributed by atoms with Crippen molar-refractivity contribution in [2.75, 3.05) is 18.5 Å². The van der Waals surface area contributed by atoms with E-state index in [1.807, 2.05) is 0 Å². The van der Waals surface area contributed by atoms with Crippen LogP contribution in [-0.4, -0.2) is 41.3 Å². The summed E-state index contributed by atoms with van der Waals surface area (Å²) in [7, 11) is 0. The van der Waals surface area contributed by atoms with Gasteiger partial charge in [0, 0.05) is 5.69 Å². The number of hydrogen-bond donors (Lipinski definition) is 4. The molecule has 1 aromatic carbocycles. The number of hydrogen-bond acceptors (Lipinski definition) is 6. The van der Waals surface area contributed by atoms with Crippen molar-refractivity contribution < 1.29 is 24.5 Å². The lowest BCUT2D eigenvalue weighted by Gasteiger charge is -2.09. The number of anilines is 1. The number of esters is 1. The third kappa shape index (κ3) is 4.40. The smallest absolute Gasteiger partial charge is 0.330 e. The number of ether oxygens (including phenoxy) is 1. The number of nitrogens with one attached hydrogen (secondary N) is 1. The number of benzene rings is 1. The number of carboxylic acid groups (broad SMARTS) is 1. The lowest BCUT2D eigenvalue weighted by Crippen LogP contribution is -2.37. The molecule has 5 N–H and O–H groups in total. The minimum atomic E-state index is -1.07. The second-order valence-electron chi connectivity index (χ2n) is 3.48. The zero-order chi connectivity index (χ0) is 13.5. The Morgan fingerprint density at radius 1 is 1.33 bits per heavy atom. The van der Waals surface area contributed by atoms with Crippen LogP contribution in [0.15, 0.2) is 24.3 Å². The monoisotopic (exact) mass is 254 g/mol. The molecule has 0 saturated carbocycles. The minimum absolute atomic E-state index is 0.200. The van der Waals surface area contributed by atoms with Crippen LogP contribution in [0.2, 0.25) is 0 Å². The van der Waals surface area contributed by atoms with E-state index in [2.05, 4.69) is 5.32 Å². The maximum absolute atomic E-state index is 11.2. The first-order valence-electron chi connectivity index (χ1n) is 5.17. The van der Waals surface area contributed by atoms with Crippen LogP contribution in [0.25, 0.3) is 0 Å². The van der Waals surface area contributed by atoms with Crippen LogP contribution in [-0.2, 0) is 9.59 Å². The highest BCUT2D eigenvalue weighted by atomic mass is 16.5. The molecule has 7 heteroatoms. The molecule has 98 valence electrons. The van der Waals surface area contributed by atoms with Gasteiger partial charge in [-0.25, -0.2) is 4.79 Å². The van der Waals surface area contributed by atoms with E-state index in [1.165, 1.54) is 12.1 Å². The Morgan fingerprint density at radius 3 is 2.44 bits per heavy atom. The first-order valence-corrected chi connectivity index (χ1v) is 5.17. The average Bonchev–Trinajstić information content (AvgIpc) is 2.36. The lowest BCUT2D eigenvalue weighted by atomic mass is 10.3. The van der Waals surface area contributed by atoms with Gasteiger partial charge in [-0.15, -0.1) is 0 Å². The zero-order valence-corrected chi connectivity index (χ0v) is 9.50. The van der Waals surface area contributed by atoms with Gasteiger partial charge < -0.3 is 26.0 Å². The predicted molar refractivity (Wildman–Crippen MR) is 63.3 cm³/mol. The number of carbonyl (C=O) groups is 2. The third-order valence-electron chi connectivity index (χ3n) is 2.02. The largest absolute Gasteiger partial charge is 0.480 e. The fourth-order valence-electron chi connectivity index (χ4n) is 1.08. The molecule has 1 atom stereocenters. The lowest BCUT2D eigenvalue weighted by molar-refractivity contribution is -0.137. The first kappa shape index (κ1) is 13.9. The van der Waals surface area contributed by atoms with Crippen LogP contribution in [0.1, 0.15) is 0 Å². The van der Waals surface area contributed by atoms with Crippen molar-refractivity contribution in [3.05, 3.63) is 24.3 Å². The molecule has 0 aliphatic heterocycles. The predicted octanol–water partition coefficient (Wildman–Crippen LogP) is -0.592. The summed E-state index contributed by atoms with van der Waals surface area (Å²) in [6.07, 6.45) is 0. The highest BCUT2D eigenvalue weighted by molar-refractivity contribution is 5.78. The molecule has 0 saturated heterocycles. The standard InChI is InChI=1S/C11H14N2O5/c12-9(6-14)11(17)18-8-3-1-7(2-4-8)13-5-10(15)16/h1-4,9,13-14H,5-6,12H2,(H,15,16)/t9-/m0/s1. The molecule has 0 unspecified atom stereocenters. The Morgan fingerprint density at radius 2 is 1.94 bits per heavy atom. The van der Waals surface area contributed by atoms with Crippen LogP contribution in [0.3, 0.4) is 0 Å². The van der Waals surface area contributed by atoms with Crippen molar-refractivity contribution in [3.63, 3.8) is 0 Å². The summed E-state index contributed by atoms with van der Waals surface area (Å²) in [5.74, 6) is -1.44. The van der Waals surface area contributed by atoms with Gasteiger partial charge >= 0.3 is 11.9 Å². The second kappa shape index (κ2) is 6.58. The molecular formula is C11H14N2O5. The first-order chi connectivity index (χ1) is 8.52. The number of carboxylic acids is 1. The summed E-state index contributed by atoms with van der Waals surface area (Å²) < 4.78 is 4.88. The highest BCUT2D eigenvalue weighted by Gasteiger charge is 2.14. The Bertz CT molecular complexity index is 418. The van der Waals surface area contributed by atoms with Gasteiger partial charge in [0.05, 0.1) is 6.61 Å². The number of nitrogens with two attached hydrogens (primary N) is 1. The van der Waals surface area contributed by atoms with Gasteiger partial charge in [-0.1, -0.05) is 0 Å². The molecule has 0 radical (unpaired) electrons. The summed E-state index contributed by atoms with van der Waals surface area (Å²) >= 11 is 0. The van der Waals surface area contributed by atoms with Gasteiger partial charge in [-0.2, -0.15) is 0 Å². The van der Waals surface area contributed by atoms with E-state index in [0.29, 0.717) is 5.69 Å². The maximum atomic E-state index is 11.2. The van der Waals surface area contributed by atoms with Crippen LogP contribution >= 0.6 is 0 Å². The Hall–Kier alpha value is -2.12. The van der Waals surface area contributed by atoms with Gasteiger partial charge in [0.1, 0.15) is 18.3 Å². The second-order valence-corrected chi connectivity index (χ2v) is 3.48. The SMILES string of the molecule is N[C@@H](CO)C(=O)Oc1ccc(NCC(=O)O)cc1. The van der Waals surface area contributed by atoms with Crippen molar-refractivity contribution in [2.24, 2.45) is 5.73 Å². The van der Waals surface area contributed by atoms with E-state index >= 15 is 0 Å². The highest BCUT2D eigenvalue weighted by Crippen LogP contribution is 2.15. The maximum Gasteiger partial charge on any atom is 0.330 e. The summed E-state index contributed by atoms with van der Waals surface area (Å²) in [6.45, 7) is -0.689. The van der Waals surface area contributed by atoms with Crippen molar-refractivity contribution in [1.82, 2.24) is 0 Å². The van der Waals surface area contributed by atoms with Gasteiger partial charge in [-0.05, 0) is 24.3 Å².